The van der Waals surface area contributed by atoms with Gasteiger partial charge in [0, 0.05) is 22.7 Å². The van der Waals surface area contributed by atoms with E-state index in [4.69, 9.17) is 17.3 Å². The Hall–Kier alpha value is -2.99. The summed E-state index contributed by atoms with van der Waals surface area (Å²) in [6.45, 7) is 0. The van der Waals surface area contributed by atoms with Crippen molar-refractivity contribution in [2.45, 2.75) is 18.6 Å². The van der Waals surface area contributed by atoms with Crippen LogP contribution >= 0.6 is 11.6 Å². The van der Waals surface area contributed by atoms with Crippen molar-refractivity contribution in [3.05, 3.63) is 94.5 Å². The number of hydrogen-bond acceptors (Lipinski definition) is 3. The van der Waals surface area contributed by atoms with Gasteiger partial charge in [0.15, 0.2) is 0 Å². The van der Waals surface area contributed by atoms with Gasteiger partial charge in [0.2, 0.25) is 0 Å². The summed E-state index contributed by atoms with van der Waals surface area (Å²) >= 11 is 6.14. The SMILES string of the molecule is Nc1ccc(C2CC(c3ccccc3C(F)(F)F)=NN2c2cccc(Cl)c2)cc1. The minimum Gasteiger partial charge on any atom is -0.399 e. The minimum atomic E-state index is -4.46. The highest BCUT2D eigenvalue weighted by Crippen LogP contribution is 2.40. The highest BCUT2D eigenvalue weighted by atomic mass is 35.5. The maximum Gasteiger partial charge on any atom is 0.417 e. The smallest absolute Gasteiger partial charge is 0.399 e. The molecule has 1 aliphatic rings. The highest BCUT2D eigenvalue weighted by Gasteiger charge is 2.37. The van der Waals surface area contributed by atoms with E-state index in [-0.39, 0.29) is 11.6 Å². The van der Waals surface area contributed by atoms with E-state index in [2.05, 4.69) is 5.10 Å². The lowest BCUT2D eigenvalue weighted by molar-refractivity contribution is -0.137. The van der Waals surface area contributed by atoms with E-state index in [0.717, 1.165) is 11.6 Å². The van der Waals surface area contributed by atoms with Crippen LogP contribution in [0.3, 0.4) is 0 Å². The van der Waals surface area contributed by atoms with Crippen LogP contribution in [-0.2, 0) is 6.18 Å². The molecule has 0 bridgehead atoms. The van der Waals surface area contributed by atoms with Crippen LogP contribution in [0.25, 0.3) is 0 Å². The molecule has 0 amide bonds. The Balaban J connectivity index is 1.81. The van der Waals surface area contributed by atoms with Crippen LogP contribution in [-0.4, -0.2) is 5.71 Å². The minimum absolute atomic E-state index is 0.0879. The van der Waals surface area contributed by atoms with Crippen LogP contribution < -0.4 is 10.7 Å². The molecule has 3 nitrogen and oxygen atoms in total. The van der Waals surface area contributed by atoms with E-state index in [1.807, 2.05) is 18.2 Å². The summed E-state index contributed by atoms with van der Waals surface area (Å²) in [6, 6.07) is 19.6. The Labute approximate surface area is 171 Å². The Morgan fingerprint density at radius 3 is 2.38 bits per heavy atom. The molecule has 1 atom stereocenters. The number of hydrogen-bond donors (Lipinski definition) is 1. The van der Waals surface area contributed by atoms with Gasteiger partial charge in [0.1, 0.15) is 0 Å². The summed E-state index contributed by atoms with van der Waals surface area (Å²) in [5.41, 5.74) is 7.79. The molecular formula is C22H17ClF3N3. The van der Waals surface area contributed by atoms with Crippen LogP contribution in [0.1, 0.15) is 29.2 Å². The van der Waals surface area contributed by atoms with Gasteiger partial charge < -0.3 is 5.73 Å². The van der Waals surface area contributed by atoms with Gasteiger partial charge in [-0.25, -0.2) is 0 Å². The number of nitrogen functional groups attached to an aromatic ring is 1. The zero-order valence-corrected chi connectivity index (χ0v) is 16.0. The first kappa shape index (κ1) is 19.3. The number of benzene rings is 3. The average Bonchev–Trinajstić information content (AvgIpc) is 3.13. The third kappa shape index (κ3) is 3.93. The normalized spacial score (nSPS) is 16.8. The quantitative estimate of drug-likeness (QED) is 0.510. The molecule has 0 aliphatic carbocycles. The van der Waals surface area contributed by atoms with Gasteiger partial charge in [-0.05, 0) is 42.0 Å². The molecule has 0 aromatic heterocycles. The molecule has 0 radical (unpaired) electrons. The first-order valence-electron chi connectivity index (χ1n) is 8.97. The second-order valence-electron chi connectivity index (χ2n) is 6.80. The molecule has 29 heavy (non-hydrogen) atoms. The summed E-state index contributed by atoms with van der Waals surface area (Å²) in [7, 11) is 0. The average molecular weight is 416 g/mol. The van der Waals surface area contributed by atoms with Gasteiger partial charge in [-0.1, -0.05) is 48.0 Å². The third-order valence-electron chi connectivity index (χ3n) is 4.85. The molecule has 0 spiro atoms. The standard InChI is InChI=1S/C22H17ClF3N3/c23-15-4-3-5-17(12-15)29-21(14-8-10-16(27)11-9-14)13-20(28-29)18-6-1-2-7-19(18)22(24,25)26/h1-12,21H,13,27H2. The molecule has 0 saturated heterocycles. The number of halogens is 4. The molecule has 0 saturated carbocycles. The fraction of sp³-hybridized carbons (Fsp3) is 0.136. The topological polar surface area (TPSA) is 41.6 Å². The Bertz CT molecular complexity index is 1060. The summed E-state index contributed by atoms with van der Waals surface area (Å²) in [4.78, 5) is 0. The van der Waals surface area contributed by atoms with Crippen LogP contribution in [0, 0.1) is 0 Å². The summed E-state index contributed by atoms with van der Waals surface area (Å²) in [6.07, 6.45) is -4.14. The number of nitrogens with two attached hydrogens (primary N) is 1. The third-order valence-corrected chi connectivity index (χ3v) is 5.08. The van der Waals surface area contributed by atoms with Crippen LogP contribution in [0.5, 0.6) is 0 Å². The molecular weight excluding hydrogens is 399 g/mol. The molecule has 1 heterocycles. The van der Waals surface area contributed by atoms with Crippen molar-refractivity contribution in [3.8, 4) is 0 Å². The second-order valence-corrected chi connectivity index (χ2v) is 7.24. The summed E-state index contributed by atoms with van der Waals surface area (Å²) in [5, 5.41) is 6.83. The van der Waals surface area contributed by atoms with E-state index in [9.17, 15) is 13.2 Å². The second kappa shape index (κ2) is 7.44. The van der Waals surface area contributed by atoms with Gasteiger partial charge in [-0.15, -0.1) is 0 Å². The Kier molecular flexibility index (Phi) is 4.96. The molecule has 4 rings (SSSR count). The van der Waals surface area contributed by atoms with Gasteiger partial charge in [0.05, 0.1) is 23.0 Å². The van der Waals surface area contributed by atoms with Crippen LogP contribution in [0.2, 0.25) is 5.02 Å². The van der Waals surface area contributed by atoms with Crippen molar-refractivity contribution >= 4 is 28.7 Å². The van der Waals surface area contributed by atoms with Crippen molar-refractivity contribution in [2.75, 3.05) is 10.7 Å². The van der Waals surface area contributed by atoms with Crippen molar-refractivity contribution in [3.63, 3.8) is 0 Å². The number of alkyl halides is 3. The molecule has 1 aliphatic heterocycles. The zero-order chi connectivity index (χ0) is 20.6. The van der Waals surface area contributed by atoms with Gasteiger partial charge >= 0.3 is 6.18 Å². The molecule has 0 fully saturated rings. The zero-order valence-electron chi connectivity index (χ0n) is 15.2. The predicted molar refractivity (Wildman–Crippen MR) is 110 cm³/mol. The molecule has 148 valence electrons. The monoisotopic (exact) mass is 415 g/mol. The molecule has 3 aromatic carbocycles. The fourth-order valence-corrected chi connectivity index (χ4v) is 3.67. The van der Waals surface area contributed by atoms with Crippen molar-refractivity contribution in [2.24, 2.45) is 5.10 Å². The highest BCUT2D eigenvalue weighted by molar-refractivity contribution is 6.30. The molecule has 7 heteroatoms. The van der Waals surface area contributed by atoms with E-state index in [1.165, 1.54) is 12.1 Å². The van der Waals surface area contributed by atoms with E-state index in [1.54, 1.807) is 41.4 Å². The summed E-state index contributed by atoms with van der Waals surface area (Å²) in [5.74, 6) is 0. The molecule has 1 unspecified atom stereocenters. The first-order chi connectivity index (χ1) is 13.8. The number of nitrogens with zero attached hydrogens (tertiary/aromatic N) is 2. The number of hydrazone groups is 1. The number of rotatable bonds is 3. The van der Waals surface area contributed by atoms with Crippen molar-refractivity contribution < 1.29 is 13.2 Å². The lowest BCUT2D eigenvalue weighted by atomic mass is 9.95. The summed E-state index contributed by atoms with van der Waals surface area (Å²) < 4.78 is 40.6. The van der Waals surface area contributed by atoms with Crippen LogP contribution in [0.4, 0.5) is 24.5 Å². The lowest BCUT2D eigenvalue weighted by Crippen LogP contribution is -2.18. The van der Waals surface area contributed by atoms with Gasteiger partial charge in [-0.3, -0.25) is 5.01 Å². The van der Waals surface area contributed by atoms with Gasteiger partial charge in [-0.2, -0.15) is 18.3 Å². The van der Waals surface area contributed by atoms with Gasteiger partial charge in [0.25, 0.3) is 0 Å². The van der Waals surface area contributed by atoms with Crippen molar-refractivity contribution in [1.29, 1.82) is 0 Å². The maximum absolute atomic E-state index is 13.5. The Morgan fingerprint density at radius 1 is 0.966 bits per heavy atom. The predicted octanol–water partition coefficient (Wildman–Crippen LogP) is 6.30. The van der Waals surface area contributed by atoms with Crippen molar-refractivity contribution in [1.82, 2.24) is 0 Å². The van der Waals surface area contributed by atoms with E-state index in [0.29, 0.717) is 28.5 Å². The lowest BCUT2D eigenvalue weighted by Gasteiger charge is -2.24. The van der Waals surface area contributed by atoms with Crippen LogP contribution in [0.15, 0.2) is 77.9 Å². The largest absolute Gasteiger partial charge is 0.417 e. The Morgan fingerprint density at radius 2 is 1.69 bits per heavy atom. The number of anilines is 2. The first-order valence-corrected chi connectivity index (χ1v) is 9.35. The molecule has 2 N–H and O–H groups in total. The van der Waals surface area contributed by atoms with E-state index >= 15 is 0 Å². The maximum atomic E-state index is 13.5. The van der Waals surface area contributed by atoms with E-state index < -0.39 is 11.7 Å². The molecule has 3 aromatic rings. The fourth-order valence-electron chi connectivity index (χ4n) is 3.49.